The molecule has 1 rings (SSSR count). The average molecular weight is 410 g/mol. The van der Waals surface area contributed by atoms with Gasteiger partial charge >= 0.3 is 17.9 Å². The minimum atomic E-state index is -1.09. The molecule has 0 radical (unpaired) electrons. The van der Waals surface area contributed by atoms with Crippen LogP contribution in [0, 0.1) is 0 Å². The number of carboxylic acid groups (broad SMARTS) is 1. The number of aromatic carboxylic acids is 1. The van der Waals surface area contributed by atoms with Crippen LogP contribution in [0.25, 0.3) is 0 Å². The SMILES string of the molecule is CCOC(=O)CCCCCOc1cc(C(=O)O)ccc1OCC(=O)OC(C)(C)C. The molecule has 0 atom stereocenters. The van der Waals surface area contributed by atoms with Gasteiger partial charge in [0.25, 0.3) is 0 Å². The Morgan fingerprint density at radius 1 is 0.966 bits per heavy atom. The topological polar surface area (TPSA) is 108 Å². The van der Waals surface area contributed by atoms with Gasteiger partial charge in [0.2, 0.25) is 0 Å². The Balaban J connectivity index is 2.59. The first kappa shape index (κ1) is 24.3. The van der Waals surface area contributed by atoms with E-state index >= 15 is 0 Å². The number of benzene rings is 1. The Bertz CT molecular complexity index is 690. The summed E-state index contributed by atoms with van der Waals surface area (Å²) in [6.45, 7) is 7.39. The summed E-state index contributed by atoms with van der Waals surface area (Å²) in [5.74, 6) is -1.36. The fraction of sp³-hybridized carbons (Fsp3) is 0.571. The molecule has 0 amide bonds. The van der Waals surface area contributed by atoms with E-state index in [1.54, 1.807) is 27.7 Å². The lowest BCUT2D eigenvalue weighted by Crippen LogP contribution is -2.27. The van der Waals surface area contributed by atoms with Crippen LogP contribution in [0.15, 0.2) is 18.2 Å². The summed E-state index contributed by atoms with van der Waals surface area (Å²) >= 11 is 0. The highest BCUT2D eigenvalue weighted by Crippen LogP contribution is 2.29. The van der Waals surface area contributed by atoms with Crippen LogP contribution in [0.4, 0.5) is 0 Å². The summed E-state index contributed by atoms with van der Waals surface area (Å²) in [5.41, 5.74) is -0.580. The molecule has 0 aromatic heterocycles. The van der Waals surface area contributed by atoms with E-state index in [2.05, 4.69) is 0 Å². The molecule has 0 bridgehead atoms. The van der Waals surface area contributed by atoms with Gasteiger partial charge in [-0.05, 0) is 65.2 Å². The maximum Gasteiger partial charge on any atom is 0.344 e. The standard InChI is InChI=1S/C21H30O8/c1-5-26-18(22)9-7-6-8-12-27-17-13-15(20(24)25)10-11-16(17)28-14-19(23)29-21(2,3)4/h10-11,13H,5-9,12,14H2,1-4H3,(H,24,25). The Kier molecular flexibility index (Phi) is 9.99. The third-order valence-electron chi connectivity index (χ3n) is 3.54. The number of hydrogen-bond acceptors (Lipinski definition) is 7. The molecule has 29 heavy (non-hydrogen) atoms. The molecule has 1 N–H and O–H groups in total. The van der Waals surface area contributed by atoms with Crippen LogP contribution in [0.5, 0.6) is 11.5 Å². The number of rotatable bonds is 12. The van der Waals surface area contributed by atoms with E-state index in [-0.39, 0.29) is 29.6 Å². The van der Waals surface area contributed by atoms with Gasteiger partial charge in [0.1, 0.15) is 5.60 Å². The lowest BCUT2D eigenvalue weighted by atomic mass is 10.2. The highest BCUT2D eigenvalue weighted by atomic mass is 16.6. The molecular weight excluding hydrogens is 380 g/mol. The van der Waals surface area contributed by atoms with Crippen molar-refractivity contribution in [2.24, 2.45) is 0 Å². The van der Waals surface area contributed by atoms with E-state index < -0.39 is 17.5 Å². The van der Waals surface area contributed by atoms with E-state index in [4.69, 9.17) is 24.1 Å². The Labute approximate surface area is 171 Å². The van der Waals surface area contributed by atoms with Crippen LogP contribution in [0.1, 0.15) is 63.7 Å². The summed E-state index contributed by atoms with van der Waals surface area (Å²) in [6, 6.07) is 4.17. The van der Waals surface area contributed by atoms with Gasteiger partial charge in [-0.15, -0.1) is 0 Å². The second-order valence-corrected chi connectivity index (χ2v) is 7.31. The molecule has 1 aromatic carbocycles. The molecule has 0 saturated carbocycles. The number of carbonyl (C=O) groups excluding carboxylic acids is 2. The second-order valence-electron chi connectivity index (χ2n) is 7.31. The van der Waals surface area contributed by atoms with Gasteiger partial charge in [-0.3, -0.25) is 4.79 Å². The lowest BCUT2D eigenvalue weighted by Gasteiger charge is -2.20. The molecule has 0 aliphatic carbocycles. The first-order valence-electron chi connectivity index (χ1n) is 9.62. The number of esters is 2. The van der Waals surface area contributed by atoms with Crippen molar-refractivity contribution in [3.05, 3.63) is 23.8 Å². The zero-order chi connectivity index (χ0) is 21.9. The van der Waals surface area contributed by atoms with Crippen LogP contribution in [-0.2, 0) is 19.1 Å². The first-order valence-corrected chi connectivity index (χ1v) is 9.62. The van der Waals surface area contributed by atoms with E-state index in [9.17, 15) is 14.4 Å². The van der Waals surface area contributed by atoms with Crippen molar-refractivity contribution in [2.45, 2.75) is 59.0 Å². The third kappa shape index (κ3) is 10.4. The van der Waals surface area contributed by atoms with Gasteiger partial charge in [-0.2, -0.15) is 0 Å². The van der Waals surface area contributed by atoms with Gasteiger partial charge in [0.15, 0.2) is 18.1 Å². The van der Waals surface area contributed by atoms with E-state index in [0.29, 0.717) is 32.5 Å². The zero-order valence-electron chi connectivity index (χ0n) is 17.5. The Morgan fingerprint density at radius 2 is 1.69 bits per heavy atom. The smallest absolute Gasteiger partial charge is 0.344 e. The van der Waals surface area contributed by atoms with E-state index in [0.717, 1.165) is 6.42 Å². The molecule has 8 nitrogen and oxygen atoms in total. The third-order valence-corrected chi connectivity index (χ3v) is 3.54. The van der Waals surface area contributed by atoms with Crippen molar-refractivity contribution < 1.29 is 38.4 Å². The molecule has 162 valence electrons. The normalized spacial score (nSPS) is 10.9. The maximum absolute atomic E-state index is 11.8. The van der Waals surface area contributed by atoms with Crippen LogP contribution >= 0.6 is 0 Å². The van der Waals surface area contributed by atoms with Crippen LogP contribution < -0.4 is 9.47 Å². The van der Waals surface area contributed by atoms with Crippen LogP contribution in [0.3, 0.4) is 0 Å². The lowest BCUT2D eigenvalue weighted by molar-refractivity contribution is -0.157. The highest BCUT2D eigenvalue weighted by molar-refractivity contribution is 5.88. The second kappa shape index (κ2) is 11.9. The minimum Gasteiger partial charge on any atom is -0.490 e. The quantitative estimate of drug-likeness (QED) is 0.411. The Morgan fingerprint density at radius 3 is 2.31 bits per heavy atom. The van der Waals surface area contributed by atoms with Crippen molar-refractivity contribution in [1.29, 1.82) is 0 Å². The number of carbonyl (C=O) groups is 3. The van der Waals surface area contributed by atoms with Crippen molar-refractivity contribution >= 4 is 17.9 Å². The molecule has 0 saturated heterocycles. The average Bonchev–Trinajstić information content (AvgIpc) is 2.62. The number of unbranched alkanes of at least 4 members (excludes halogenated alkanes) is 2. The van der Waals surface area contributed by atoms with Gasteiger partial charge in [0.05, 0.1) is 18.8 Å². The van der Waals surface area contributed by atoms with E-state index in [1.165, 1.54) is 18.2 Å². The predicted molar refractivity (Wildman–Crippen MR) is 105 cm³/mol. The largest absolute Gasteiger partial charge is 0.490 e. The molecule has 0 aliphatic heterocycles. The molecule has 1 aromatic rings. The van der Waals surface area contributed by atoms with Crippen molar-refractivity contribution in [1.82, 2.24) is 0 Å². The summed E-state index contributed by atoms with van der Waals surface area (Å²) in [6.07, 6.45) is 2.46. The fourth-order valence-corrected chi connectivity index (χ4v) is 2.34. The predicted octanol–water partition coefficient (Wildman–Crippen LogP) is 3.61. The van der Waals surface area contributed by atoms with Crippen molar-refractivity contribution in [3.63, 3.8) is 0 Å². The molecule has 8 heteroatoms. The zero-order valence-corrected chi connectivity index (χ0v) is 17.5. The fourth-order valence-electron chi connectivity index (χ4n) is 2.34. The summed E-state index contributed by atoms with van der Waals surface area (Å²) in [5, 5.41) is 9.17. The Hall–Kier alpha value is -2.77. The molecular formula is C21H30O8. The van der Waals surface area contributed by atoms with Gasteiger partial charge in [-0.1, -0.05) is 0 Å². The summed E-state index contributed by atoms with van der Waals surface area (Å²) < 4.78 is 21.2. The monoisotopic (exact) mass is 410 g/mol. The van der Waals surface area contributed by atoms with Crippen LogP contribution in [0.2, 0.25) is 0 Å². The summed E-state index contributed by atoms with van der Waals surface area (Å²) in [4.78, 5) is 34.3. The summed E-state index contributed by atoms with van der Waals surface area (Å²) in [7, 11) is 0. The van der Waals surface area contributed by atoms with Gasteiger partial charge in [-0.25, -0.2) is 9.59 Å². The molecule has 0 fully saturated rings. The van der Waals surface area contributed by atoms with Gasteiger partial charge in [0, 0.05) is 6.42 Å². The number of hydrogen-bond donors (Lipinski definition) is 1. The molecule has 0 aliphatic rings. The first-order chi connectivity index (χ1) is 13.6. The minimum absolute atomic E-state index is 0.0481. The highest BCUT2D eigenvalue weighted by Gasteiger charge is 2.18. The molecule has 0 unspecified atom stereocenters. The number of ether oxygens (including phenoxy) is 4. The molecule has 0 heterocycles. The van der Waals surface area contributed by atoms with Crippen molar-refractivity contribution in [3.8, 4) is 11.5 Å². The van der Waals surface area contributed by atoms with Gasteiger partial charge < -0.3 is 24.1 Å². The van der Waals surface area contributed by atoms with Crippen LogP contribution in [-0.4, -0.2) is 48.4 Å². The number of carboxylic acids is 1. The maximum atomic E-state index is 11.8. The van der Waals surface area contributed by atoms with E-state index in [1.807, 2.05) is 0 Å². The van der Waals surface area contributed by atoms with Crippen molar-refractivity contribution in [2.75, 3.05) is 19.8 Å². The molecule has 0 spiro atoms.